The van der Waals surface area contributed by atoms with E-state index in [0.717, 1.165) is 41.1 Å². The van der Waals surface area contributed by atoms with Crippen molar-refractivity contribution >= 4 is 22.6 Å². The summed E-state index contributed by atoms with van der Waals surface area (Å²) in [5, 5.41) is 10.3. The molecular formula is C19H20N2O2S. The number of nitriles is 1. The molecule has 124 valence electrons. The fourth-order valence-electron chi connectivity index (χ4n) is 2.93. The van der Waals surface area contributed by atoms with Crippen molar-refractivity contribution in [3.05, 3.63) is 39.8 Å². The number of thiophene rings is 1. The molecule has 0 fully saturated rings. The lowest BCUT2D eigenvalue weighted by Gasteiger charge is -2.09. The maximum Gasteiger partial charge on any atom is 0.161 e. The number of hydrogen-bond acceptors (Lipinski definition) is 5. The Morgan fingerprint density at radius 2 is 2.12 bits per heavy atom. The number of nitrogens with zero attached hydrogens (tertiary/aromatic N) is 2. The first kappa shape index (κ1) is 16.5. The van der Waals surface area contributed by atoms with Gasteiger partial charge in [-0.25, -0.2) is 4.99 Å². The first-order chi connectivity index (χ1) is 11.8. The minimum absolute atomic E-state index is 0.593. The average molecular weight is 340 g/mol. The summed E-state index contributed by atoms with van der Waals surface area (Å²) < 4.78 is 10.9. The van der Waals surface area contributed by atoms with Gasteiger partial charge < -0.3 is 9.47 Å². The largest absolute Gasteiger partial charge is 0.493 e. The van der Waals surface area contributed by atoms with Gasteiger partial charge in [-0.1, -0.05) is 0 Å². The first-order valence-corrected chi connectivity index (χ1v) is 8.98. The van der Waals surface area contributed by atoms with E-state index in [4.69, 9.17) is 9.47 Å². The van der Waals surface area contributed by atoms with Gasteiger partial charge in [-0.15, -0.1) is 11.3 Å². The summed E-state index contributed by atoms with van der Waals surface area (Å²) in [5.41, 5.74) is 2.89. The maximum absolute atomic E-state index is 9.48. The molecule has 1 aliphatic carbocycles. The highest BCUT2D eigenvalue weighted by molar-refractivity contribution is 7.16. The molecule has 0 radical (unpaired) electrons. The fourth-order valence-corrected chi connectivity index (χ4v) is 4.11. The molecule has 1 aliphatic rings. The van der Waals surface area contributed by atoms with Crippen LogP contribution in [-0.4, -0.2) is 19.9 Å². The second kappa shape index (κ2) is 7.50. The monoisotopic (exact) mass is 340 g/mol. The molecule has 2 aromatic rings. The lowest BCUT2D eigenvalue weighted by Crippen LogP contribution is -1.99. The van der Waals surface area contributed by atoms with Crippen molar-refractivity contribution in [2.24, 2.45) is 4.99 Å². The Morgan fingerprint density at radius 1 is 1.29 bits per heavy atom. The third kappa shape index (κ3) is 3.29. The average Bonchev–Trinajstić information content (AvgIpc) is 2.98. The van der Waals surface area contributed by atoms with Crippen molar-refractivity contribution in [2.45, 2.75) is 32.6 Å². The Hall–Kier alpha value is -2.32. The van der Waals surface area contributed by atoms with Crippen molar-refractivity contribution < 1.29 is 9.47 Å². The van der Waals surface area contributed by atoms with Crippen LogP contribution in [0.2, 0.25) is 0 Å². The second-order valence-corrected chi connectivity index (χ2v) is 6.69. The highest BCUT2D eigenvalue weighted by Crippen LogP contribution is 2.39. The van der Waals surface area contributed by atoms with Gasteiger partial charge in [-0.3, -0.25) is 0 Å². The van der Waals surface area contributed by atoms with Gasteiger partial charge in [-0.2, -0.15) is 5.26 Å². The molecule has 3 rings (SSSR count). The normalized spacial score (nSPS) is 13.5. The summed E-state index contributed by atoms with van der Waals surface area (Å²) in [5.74, 6) is 1.41. The molecule has 1 aromatic heterocycles. The minimum atomic E-state index is 0.593. The molecule has 24 heavy (non-hydrogen) atoms. The molecule has 0 unspecified atom stereocenters. The van der Waals surface area contributed by atoms with E-state index in [2.05, 4.69) is 11.1 Å². The van der Waals surface area contributed by atoms with Gasteiger partial charge in [0.1, 0.15) is 11.1 Å². The fraction of sp³-hybridized carbons (Fsp3) is 0.368. The molecule has 0 amide bonds. The van der Waals surface area contributed by atoms with E-state index in [1.807, 2.05) is 25.1 Å². The van der Waals surface area contributed by atoms with Gasteiger partial charge in [0.25, 0.3) is 0 Å². The number of aliphatic imine (C=N–C) groups is 1. The Morgan fingerprint density at radius 3 is 2.88 bits per heavy atom. The third-order valence-electron chi connectivity index (χ3n) is 4.08. The molecular weight excluding hydrogens is 320 g/mol. The molecule has 0 saturated heterocycles. The van der Waals surface area contributed by atoms with Crippen molar-refractivity contribution in [3.63, 3.8) is 0 Å². The van der Waals surface area contributed by atoms with Crippen LogP contribution in [0.1, 0.15) is 41.3 Å². The van der Waals surface area contributed by atoms with Gasteiger partial charge in [0.15, 0.2) is 11.5 Å². The number of hydrogen-bond donors (Lipinski definition) is 0. The molecule has 0 aliphatic heterocycles. The molecule has 0 spiro atoms. The summed E-state index contributed by atoms with van der Waals surface area (Å²) in [6.07, 6.45) is 6.23. The van der Waals surface area contributed by atoms with Gasteiger partial charge in [-0.05, 0) is 61.9 Å². The Bertz CT molecular complexity index is 802. The Balaban J connectivity index is 1.89. The molecule has 0 saturated carbocycles. The minimum Gasteiger partial charge on any atom is -0.493 e. The molecule has 5 heteroatoms. The maximum atomic E-state index is 9.48. The van der Waals surface area contributed by atoms with E-state index in [9.17, 15) is 5.26 Å². The van der Waals surface area contributed by atoms with Gasteiger partial charge >= 0.3 is 0 Å². The van der Waals surface area contributed by atoms with Gasteiger partial charge in [0.05, 0.1) is 19.3 Å². The Labute approximate surface area is 146 Å². The van der Waals surface area contributed by atoms with Crippen LogP contribution in [0.5, 0.6) is 11.5 Å². The van der Waals surface area contributed by atoms with Crippen molar-refractivity contribution in [2.75, 3.05) is 13.7 Å². The number of methoxy groups -OCH3 is 1. The van der Waals surface area contributed by atoms with Gasteiger partial charge in [0, 0.05) is 11.1 Å². The van der Waals surface area contributed by atoms with E-state index in [1.165, 1.54) is 16.9 Å². The van der Waals surface area contributed by atoms with Crippen LogP contribution >= 0.6 is 11.3 Å². The highest BCUT2D eigenvalue weighted by Gasteiger charge is 2.20. The highest BCUT2D eigenvalue weighted by atomic mass is 32.1. The summed E-state index contributed by atoms with van der Waals surface area (Å²) in [6, 6.07) is 8.06. The standard InChI is InChI=1S/C19H20N2O2S/c1-3-23-16-9-8-13(10-17(16)22-2)12-21-19-15(11-20)14-6-4-5-7-18(14)24-19/h8-10,12H,3-7H2,1-2H3. The number of rotatable bonds is 5. The Kier molecular flexibility index (Phi) is 5.17. The molecule has 1 aromatic carbocycles. The predicted molar refractivity (Wildman–Crippen MR) is 97.1 cm³/mol. The second-order valence-electron chi connectivity index (χ2n) is 5.60. The molecule has 0 N–H and O–H groups in total. The third-order valence-corrected chi connectivity index (χ3v) is 5.28. The van der Waals surface area contributed by atoms with Crippen LogP contribution in [0.15, 0.2) is 23.2 Å². The SMILES string of the molecule is CCOc1ccc(C=Nc2sc3c(c2C#N)CCCC3)cc1OC. The molecule has 0 bridgehead atoms. The summed E-state index contributed by atoms with van der Waals surface area (Å²) in [7, 11) is 1.62. The van der Waals surface area contributed by atoms with Crippen LogP contribution < -0.4 is 9.47 Å². The van der Waals surface area contributed by atoms with E-state index in [-0.39, 0.29) is 0 Å². The van der Waals surface area contributed by atoms with E-state index in [1.54, 1.807) is 24.7 Å². The number of benzene rings is 1. The quantitative estimate of drug-likeness (QED) is 0.744. The van der Waals surface area contributed by atoms with Crippen LogP contribution in [-0.2, 0) is 12.8 Å². The summed E-state index contributed by atoms with van der Waals surface area (Å²) in [6.45, 7) is 2.53. The first-order valence-electron chi connectivity index (χ1n) is 8.16. The smallest absolute Gasteiger partial charge is 0.161 e. The topological polar surface area (TPSA) is 54.6 Å². The molecule has 4 nitrogen and oxygen atoms in total. The van der Waals surface area contributed by atoms with E-state index < -0.39 is 0 Å². The van der Waals surface area contributed by atoms with Crippen LogP contribution in [0, 0.1) is 11.3 Å². The van der Waals surface area contributed by atoms with E-state index in [0.29, 0.717) is 12.4 Å². The van der Waals surface area contributed by atoms with Gasteiger partial charge in [0.2, 0.25) is 0 Å². The summed E-state index contributed by atoms with van der Waals surface area (Å²) >= 11 is 1.65. The zero-order chi connectivity index (χ0) is 16.9. The molecule has 0 atom stereocenters. The van der Waals surface area contributed by atoms with Crippen molar-refractivity contribution in [1.82, 2.24) is 0 Å². The zero-order valence-corrected chi connectivity index (χ0v) is 14.8. The number of ether oxygens (including phenoxy) is 2. The van der Waals surface area contributed by atoms with E-state index >= 15 is 0 Å². The van der Waals surface area contributed by atoms with Crippen LogP contribution in [0.3, 0.4) is 0 Å². The predicted octanol–water partition coefficient (Wildman–Crippen LogP) is 4.66. The van der Waals surface area contributed by atoms with Crippen LogP contribution in [0.4, 0.5) is 5.00 Å². The lowest BCUT2D eigenvalue weighted by molar-refractivity contribution is 0.311. The zero-order valence-electron chi connectivity index (χ0n) is 14.0. The molecule has 1 heterocycles. The number of aryl methyl sites for hydroxylation is 1. The number of fused-ring (bicyclic) bond motifs is 1. The van der Waals surface area contributed by atoms with Crippen molar-refractivity contribution in [3.8, 4) is 17.6 Å². The van der Waals surface area contributed by atoms with Crippen LogP contribution in [0.25, 0.3) is 0 Å². The van der Waals surface area contributed by atoms with Crippen molar-refractivity contribution in [1.29, 1.82) is 5.26 Å². The summed E-state index contributed by atoms with van der Waals surface area (Å²) in [4.78, 5) is 5.91. The lowest BCUT2D eigenvalue weighted by atomic mass is 9.96.